The van der Waals surface area contributed by atoms with Gasteiger partial charge in [-0.15, -0.1) is 0 Å². The summed E-state index contributed by atoms with van der Waals surface area (Å²) in [6.07, 6.45) is 5.45. The van der Waals surface area contributed by atoms with Crippen LogP contribution in [0.5, 0.6) is 11.5 Å². The van der Waals surface area contributed by atoms with Gasteiger partial charge in [-0.1, -0.05) is 30.3 Å². The first-order valence-electron chi connectivity index (χ1n) is 9.00. The largest absolute Gasteiger partial charge is 0.497 e. The molecule has 1 N–H and O–H groups in total. The molecule has 6 nitrogen and oxygen atoms in total. The molecule has 4 rings (SSSR count). The topological polar surface area (TPSA) is 65.4 Å². The first-order valence-corrected chi connectivity index (χ1v) is 9.00. The number of hydrogen-bond acceptors (Lipinski definition) is 4. The van der Waals surface area contributed by atoms with Gasteiger partial charge in [-0.2, -0.15) is 0 Å². The molecule has 0 unspecified atom stereocenters. The molecule has 6 heteroatoms. The molecule has 2 aromatic carbocycles. The Hall–Kier alpha value is -3.54. The summed E-state index contributed by atoms with van der Waals surface area (Å²) in [4.78, 5) is 17.4. The van der Waals surface area contributed by atoms with Crippen molar-refractivity contribution in [2.75, 3.05) is 13.7 Å². The van der Waals surface area contributed by atoms with Gasteiger partial charge in [-0.25, -0.2) is 4.98 Å². The zero-order valence-electron chi connectivity index (χ0n) is 15.8. The number of imidazole rings is 1. The van der Waals surface area contributed by atoms with Gasteiger partial charge in [-0.05, 0) is 29.8 Å². The molecule has 0 bridgehead atoms. The summed E-state index contributed by atoms with van der Waals surface area (Å²) in [7, 11) is 3.53. The SMILES string of the molecule is COc1ccc([C@H](NC(=O)C2=Cc3ccccc3OC2)c2nccn2C)cc1. The highest BCUT2D eigenvalue weighted by molar-refractivity contribution is 5.99. The molecule has 1 aromatic heterocycles. The van der Waals surface area contributed by atoms with Crippen LogP contribution in [-0.2, 0) is 11.8 Å². The van der Waals surface area contributed by atoms with Crippen LogP contribution in [0.3, 0.4) is 0 Å². The van der Waals surface area contributed by atoms with Crippen molar-refractivity contribution in [2.24, 2.45) is 7.05 Å². The number of fused-ring (bicyclic) bond motifs is 1. The molecule has 0 saturated heterocycles. The van der Waals surface area contributed by atoms with Crippen molar-refractivity contribution in [3.8, 4) is 11.5 Å². The van der Waals surface area contributed by atoms with Crippen LogP contribution in [0.2, 0.25) is 0 Å². The summed E-state index contributed by atoms with van der Waals surface area (Å²) in [5.74, 6) is 2.11. The van der Waals surface area contributed by atoms with Crippen LogP contribution in [-0.4, -0.2) is 29.2 Å². The second-order valence-corrected chi connectivity index (χ2v) is 6.57. The highest BCUT2D eigenvalue weighted by atomic mass is 16.5. The predicted octanol–water partition coefficient (Wildman–Crippen LogP) is 3.11. The van der Waals surface area contributed by atoms with E-state index < -0.39 is 6.04 Å². The summed E-state index contributed by atoms with van der Waals surface area (Å²) >= 11 is 0. The Balaban J connectivity index is 1.63. The molecular formula is C22H21N3O3. The highest BCUT2D eigenvalue weighted by Gasteiger charge is 2.24. The maximum atomic E-state index is 13.0. The molecule has 0 aliphatic carbocycles. The molecule has 1 amide bonds. The summed E-state index contributed by atoms with van der Waals surface area (Å²) in [6.45, 7) is 0.235. The Labute approximate surface area is 163 Å². The molecule has 1 aliphatic rings. The molecule has 0 saturated carbocycles. The minimum atomic E-state index is -0.392. The number of aromatic nitrogens is 2. The minimum absolute atomic E-state index is 0.182. The number of methoxy groups -OCH3 is 1. The zero-order chi connectivity index (χ0) is 19.5. The van der Waals surface area contributed by atoms with Gasteiger partial charge in [0, 0.05) is 25.0 Å². The van der Waals surface area contributed by atoms with E-state index in [1.807, 2.05) is 72.4 Å². The fourth-order valence-corrected chi connectivity index (χ4v) is 3.22. The van der Waals surface area contributed by atoms with Crippen molar-refractivity contribution in [3.05, 3.63) is 83.4 Å². The Bertz CT molecular complexity index is 1020. The zero-order valence-corrected chi connectivity index (χ0v) is 15.8. The number of nitrogens with one attached hydrogen (secondary N) is 1. The molecule has 0 spiro atoms. The highest BCUT2D eigenvalue weighted by Crippen LogP contribution is 2.27. The monoisotopic (exact) mass is 375 g/mol. The van der Waals surface area contributed by atoms with Crippen molar-refractivity contribution in [2.45, 2.75) is 6.04 Å². The van der Waals surface area contributed by atoms with Crippen LogP contribution in [0.1, 0.15) is 23.0 Å². The van der Waals surface area contributed by atoms with Crippen LogP contribution in [0.25, 0.3) is 6.08 Å². The number of carbonyl (C=O) groups is 1. The second-order valence-electron chi connectivity index (χ2n) is 6.57. The molecule has 1 aliphatic heterocycles. The normalized spacial score (nSPS) is 13.7. The van der Waals surface area contributed by atoms with Gasteiger partial charge in [0.2, 0.25) is 0 Å². The van der Waals surface area contributed by atoms with E-state index in [0.29, 0.717) is 5.57 Å². The molecule has 142 valence electrons. The summed E-state index contributed by atoms with van der Waals surface area (Å²) in [6, 6.07) is 14.9. The van der Waals surface area contributed by atoms with E-state index in [0.717, 1.165) is 28.5 Å². The van der Waals surface area contributed by atoms with Gasteiger partial charge in [-0.3, -0.25) is 4.79 Å². The number of rotatable bonds is 5. The van der Waals surface area contributed by atoms with Crippen LogP contribution in [0.4, 0.5) is 0 Å². The third kappa shape index (κ3) is 3.49. The second kappa shape index (κ2) is 7.60. The molecule has 2 heterocycles. The smallest absolute Gasteiger partial charge is 0.251 e. The third-order valence-corrected chi connectivity index (χ3v) is 4.76. The molecule has 3 aromatic rings. The molecule has 0 fully saturated rings. The lowest BCUT2D eigenvalue weighted by molar-refractivity contribution is -0.118. The van der Waals surface area contributed by atoms with Crippen molar-refractivity contribution in [1.29, 1.82) is 0 Å². The quantitative estimate of drug-likeness (QED) is 0.744. The van der Waals surface area contributed by atoms with Gasteiger partial charge in [0.1, 0.15) is 30.0 Å². The average molecular weight is 375 g/mol. The fourth-order valence-electron chi connectivity index (χ4n) is 3.22. The number of amides is 1. The first-order chi connectivity index (χ1) is 13.7. The fraction of sp³-hybridized carbons (Fsp3) is 0.182. The van der Waals surface area contributed by atoms with E-state index in [4.69, 9.17) is 9.47 Å². The van der Waals surface area contributed by atoms with Gasteiger partial charge in [0.25, 0.3) is 5.91 Å². The van der Waals surface area contributed by atoms with Gasteiger partial charge in [0.15, 0.2) is 0 Å². The lowest BCUT2D eigenvalue weighted by Crippen LogP contribution is -2.34. The maximum absolute atomic E-state index is 13.0. The minimum Gasteiger partial charge on any atom is -0.497 e. The number of ether oxygens (including phenoxy) is 2. The van der Waals surface area contributed by atoms with Crippen molar-refractivity contribution in [3.63, 3.8) is 0 Å². The van der Waals surface area contributed by atoms with Crippen LogP contribution in [0.15, 0.2) is 66.5 Å². The number of hydrogen-bond donors (Lipinski definition) is 1. The number of aryl methyl sites for hydroxylation is 1. The Morgan fingerprint density at radius 3 is 2.71 bits per heavy atom. The Morgan fingerprint density at radius 1 is 1.21 bits per heavy atom. The van der Waals surface area contributed by atoms with Crippen molar-refractivity contribution >= 4 is 12.0 Å². The number of benzene rings is 2. The number of carbonyl (C=O) groups excluding carboxylic acids is 1. The lowest BCUT2D eigenvalue weighted by atomic mass is 10.0. The van der Waals surface area contributed by atoms with E-state index in [-0.39, 0.29) is 12.5 Å². The summed E-state index contributed by atoms with van der Waals surface area (Å²) in [5, 5.41) is 3.10. The maximum Gasteiger partial charge on any atom is 0.251 e. The van der Waals surface area contributed by atoms with Crippen molar-refractivity contribution < 1.29 is 14.3 Å². The molecule has 28 heavy (non-hydrogen) atoms. The number of nitrogens with zero attached hydrogens (tertiary/aromatic N) is 2. The standard InChI is InChI=1S/C22H21N3O3/c1-25-12-11-23-21(25)20(15-7-9-18(27-2)10-8-15)24-22(26)17-13-16-5-3-4-6-19(16)28-14-17/h3-13,20H,14H2,1-2H3,(H,24,26)/t20-/m0/s1. The van der Waals surface area contributed by atoms with Crippen LogP contribution in [0, 0.1) is 0 Å². The summed E-state index contributed by atoms with van der Waals surface area (Å²) < 4.78 is 12.9. The van der Waals surface area contributed by atoms with E-state index in [1.54, 1.807) is 13.3 Å². The van der Waals surface area contributed by atoms with Crippen LogP contribution < -0.4 is 14.8 Å². The van der Waals surface area contributed by atoms with E-state index >= 15 is 0 Å². The Morgan fingerprint density at radius 2 is 2.00 bits per heavy atom. The van der Waals surface area contributed by atoms with Gasteiger partial charge < -0.3 is 19.4 Å². The molecule has 0 radical (unpaired) electrons. The van der Waals surface area contributed by atoms with E-state index in [9.17, 15) is 4.79 Å². The van der Waals surface area contributed by atoms with Gasteiger partial charge >= 0.3 is 0 Å². The van der Waals surface area contributed by atoms with E-state index in [2.05, 4.69) is 10.3 Å². The molecular weight excluding hydrogens is 354 g/mol. The number of para-hydroxylation sites is 1. The van der Waals surface area contributed by atoms with Crippen LogP contribution >= 0.6 is 0 Å². The third-order valence-electron chi connectivity index (χ3n) is 4.76. The summed E-state index contributed by atoms with van der Waals surface area (Å²) in [5.41, 5.74) is 2.39. The lowest BCUT2D eigenvalue weighted by Gasteiger charge is -2.22. The predicted molar refractivity (Wildman–Crippen MR) is 106 cm³/mol. The van der Waals surface area contributed by atoms with Crippen molar-refractivity contribution in [1.82, 2.24) is 14.9 Å². The average Bonchev–Trinajstić information content (AvgIpc) is 3.17. The first kappa shape index (κ1) is 17.9. The molecule has 1 atom stereocenters. The Kier molecular flexibility index (Phi) is 4.85. The van der Waals surface area contributed by atoms with Gasteiger partial charge in [0.05, 0.1) is 12.7 Å². The van der Waals surface area contributed by atoms with E-state index in [1.165, 1.54) is 0 Å².